The molecule has 1 aliphatic heterocycles. The van der Waals surface area contributed by atoms with Crippen molar-refractivity contribution in [3.63, 3.8) is 0 Å². The molecule has 1 aliphatic rings. The van der Waals surface area contributed by atoms with Gasteiger partial charge in [-0.25, -0.2) is 9.37 Å². The fourth-order valence-corrected chi connectivity index (χ4v) is 4.21. The van der Waals surface area contributed by atoms with Crippen molar-refractivity contribution >= 4 is 29.2 Å². The van der Waals surface area contributed by atoms with E-state index >= 15 is 0 Å². The van der Waals surface area contributed by atoms with Crippen LogP contribution in [0.5, 0.6) is 0 Å². The number of nitrogens with one attached hydrogen (secondary N) is 2. The van der Waals surface area contributed by atoms with Gasteiger partial charge in [0, 0.05) is 42.4 Å². The first-order valence-electron chi connectivity index (χ1n) is 12.5. The van der Waals surface area contributed by atoms with Crippen LogP contribution in [-0.2, 0) is 6.18 Å². The molecule has 2 aromatic carbocycles. The molecule has 2 aromatic heterocycles. The van der Waals surface area contributed by atoms with Gasteiger partial charge >= 0.3 is 6.18 Å². The summed E-state index contributed by atoms with van der Waals surface area (Å²) < 4.78 is 55.2. The van der Waals surface area contributed by atoms with E-state index in [1.165, 1.54) is 12.1 Å². The lowest BCUT2D eigenvalue weighted by molar-refractivity contribution is -0.137. The van der Waals surface area contributed by atoms with Crippen LogP contribution in [0.1, 0.15) is 41.3 Å². The number of halogens is 4. The van der Waals surface area contributed by atoms with Crippen molar-refractivity contribution in [1.29, 1.82) is 0 Å². The van der Waals surface area contributed by atoms with Gasteiger partial charge in [0.1, 0.15) is 12.0 Å². The van der Waals surface area contributed by atoms with Gasteiger partial charge < -0.3 is 15.5 Å². The fraction of sp³-hybridized carbons (Fsp3) is 0.296. The van der Waals surface area contributed by atoms with Crippen LogP contribution in [0, 0.1) is 6.92 Å². The fourth-order valence-electron chi connectivity index (χ4n) is 4.21. The summed E-state index contributed by atoms with van der Waals surface area (Å²) in [6.45, 7) is 4.27. The first-order valence-corrected chi connectivity index (χ1v) is 12.5. The van der Waals surface area contributed by atoms with Gasteiger partial charge in [0.25, 0.3) is 5.91 Å². The molecule has 3 heterocycles. The molecule has 0 unspecified atom stereocenters. The zero-order valence-corrected chi connectivity index (χ0v) is 21.7. The number of alkyl halides is 4. The number of piperidine rings is 1. The number of aromatic nitrogens is 5. The maximum Gasteiger partial charge on any atom is 0.416 e. The van der Waals surface area contributed by atoms with E-state index in [4.69, 9.17) is 0 Å². The van der Waals surface area contributed by atoms with Crippen LogP contribution in [0.2, 0.25) is 0 Å². The number of benzene rings is 2. The summed E-state index contributed by atoms with van der Waals surface area (Å²) in [6, 6.07) is 9.26. The summed E-state index contributed by atoms with van der Waals surface area (Å²) in [7, 11) is 0. The minimum absolute atomic E-state index is 0.0212. The van der Waals surface area contributed by atoms with Crippen molar-refractivity contribution < 1.29 is 22.4 Å². The molecular weight excluding hydrogens is 528 g/mol. The molecule has 40 heavy (non-hydrogen) atoms. The molecule has 1 amide bonds. The summed E-state index contributed by atoms with van der Waals surface area (Å²) in [5.41, 5.74) is -0.584. The number of hydrogen-bond donors (Lipinski definition) is 2. The Morgan fingerprint density at radius 1 is 1.02 bits per heavy atom. The lowest BCUT2D eigenvalue weighted by Gasteiger charge is -2.34. The van der Waals surface area contributed by atoms with Gasteiger partial charge in [0.2, 0.25) is 17.8 Å². The Hall–Kier alpha value is -4.55. The van der Waals surface area contributed by atoms with Gasteiger partial charge in [0.05, 0.1) is 5.56 Å². The molecule has 0 atom stereocenters. The summed E-state index contributed by atoms with van der Waals surface area (Å²) in [6.07, 6.45) is 0.959. The smallest absolute Gasteiger partial charge is 0.340 e. The van der Waals surface area contributed by atoms with Crippen LogP contribution in [0.4, 0.5) is 40.8 Å². The van der Waals surface area contributed by atoms with Crippen LogP contribution in [0.3, 0.4) is 0 Å². The number of imidazole rings is 1. The molecule has 4 aromatic rings. The van der Waals surface area contributed by atoms with E-state index in [2.05, 4.69) is 30.6 Å². The van der Waals surface area contributed by atoms with Crippen LogP contribution < -0.4 is 15.5 Å². The molecule has 2 N–H and O–H groups in total. The van der Waals surface area contributed by atoms with E-state index in [0.717, 1.165) is 17.7 Å². The molecule has 0 aliphatic carbocycles. The number of amides is 1. The Morgan fingerprint density at radius 3 is 2.48 bits per heavy atom. The Labute approximate surface area is 227 Å². The van der Waals surface area contributed by atoms with E-state index in [1.54, 1.807) is 48.4 Å². The van der Waals surface area contributed by atoms with Gasteiger partial charge in [0.15, 0.2) is 0 Å². The van der Waals surface area contributed by atoms with Crippen LogP contribution >= 0.6 is 0 Å². The van der Waals surface area contributed by atoms with Gasteiger partial charge in [-0.2, -0.15) is 28.1 Å². The summed E-state index contributed by atoms with van der Waals surface area (Å²) in [4.78, 5) is 32.4. The van der Waals surface area contributed by atoms with Gasteiger partial charge in [-0.15, -0.1) is 0 Å². The minimum atomic E-state index is -4.53. The zero-order chi connectivity index (χ0) is 28.5. The highest BCUT2D eigenvalue weighted by molar-refractivity contribution is 6.05. The van der Waals surface area contributed by atoms with Crippen molar-refractivity contribution in [2.45, 2.75) is 38.5 Å². The van der Waals surface area contributed by atoms with Gasteiger partial charge in [-0.1, -0.05) is 12.1 Å². The second-order valence-corrected chi connectivity index (χ2v) is 9.82. The minimum Gasteiger partial charge on any atom is -0.340 e. The molecule has 208 valence electrons. The van der Waals surface area contributed by atoms with E-state index < -0.39 is 23.3 Å². The first kappa shape index (κ1) is 27.0. The molecule has 0 saturated carbocycles. The van der Waals surface area contributed by atoms with E-state index in [1.807, 2.05) is 11.8 Å². The second-order valence-electron chi connectivity index (χ2n) is 9.82. The molecule has 9 nitrogen and oxygen atoms in total. The van der Waals surface area contributed by atoms with Crippen LogP contribution in [0.15, 0.2) is 61.2 Å². The molecule has 0 bridgehead atoms. The number of carbonyl (C=O) groups excluding carboxylic acids is 1. The monoisotopic (exact) mass is 554 g/mol. The predicted molar refractivity (Wildman–Crippen MR) is 142 cm³/mol. The number of carbonyl (C=O) groups is 1. The number of aryl methyl sites for hydroxylation is 1. The molecule has 13 heteroatoms. The summed E-state index contributed by atoms with van der Waals surface area (Å²) in [5, 5.41) is 5.65. The van der Waals surface area contributed by atoms with Crippen molar-refractivity contribution in [3.8, 4) is 5.95 Å². The maximum atomic E-state index is 14.4. The number of anilines is 4. The maximum absolute atomic E-state index is 14.4. The quantitative estimate of drug-likeness (QED) is 0.295. The highest BCUT2D eigenvalue weighted by atomic mass is 19.4. The second kappa shape index (κ2) is 10.5. The third kappa shape index (κ3) is 6.19. The van der Waals surface area contributed by atoms with Crippen molar-refractivity contribution in [1.82, 2.24) is 24.5 Å². The van der Waals surface area contributed by atoms with Crippen molar-refractivity contribution in [3.05, 3.63) is 77.9 Å². The standard InChI is InChI=1S/C27H26F4N8O/c1-17-6-7-18(22(40)33-20-5-3-4-19(15-20)27(29,30)31)14-21(17)34-23-35-24(38-11-8-26(2,28)9-12-38)37-25(36-23)39-13-10-32-16-39/h3-7,10,13-16H,8-9,11-12H2,1-2H3,(H,33,40)(H,34,35,36,37). The van der Waals surface area contributed by atoms with Gasteiger partial charge in [-0.3, -0.25) is 9.36 Å². The Morgan fingerprint density at radius 2 is 1.77 bits per heavy atom. The lowest BCUT2D eigenvalue weighted by Crippen LogP contribution is -2.41. The van der Waals surface area contributed by atoms with E-state index in [-0.39, 0.29) is 17.2 Å². The third-order valence-electron chi connectivity index (χ3n) is 6.63. The number of rotatable bonds is 6. The molecule has 0 spiro atoms. The van der Waals surface area contributed by atoms with Crippen LogP contribution in [0.25, 0.3) is 5.95 Å². The molecule has 5 rings (SSSR count). The van der Waals surface area contributed by atoms with Crippen LogP contribution in [-0.4, -0.2) is 49.2 Å². The number of hydrogen-bond acceptors (Lipinski definition) is 7. The number of nitrogens with zero attached hydrogens (tertiary/aromatic N) is 6. The Balaban J connectivity index is 1.41. The highest BCUT2D eigenvalue weighted by Crippen LogP contribution is 2.31. The zero-order valence-electron chi connectivity index (χ0n) is 21.7. The first-order chi connectivity index (χ1) is 19.0. The topological polar surface area (TPSA) is 101 Å². The third-order valence-corrected chi connectivity index (χ3v) is 6.63. The molecule has 1 saturated heterocycles. The van der Waals surface area contributed by atoms with Crippen molar-refractivity contribution in [2.24, 2.45) is 0 Å². The van der Waals surface area contributed by atoms with E-state index in [0.29, 0.717) is 43.5 Å². The molecular formula is C27H26F4N8O. The largest absolute Gasteiger partial charge is 0.416 e. The molecule has 1 fully saturated rings. The Kier molecular flexibility index (Phi) is 7.13. The average molecular weight is 555 g/mol. The predicted octanol–water partition coefficient (Wildman–Crippen LogP) is 5.71. The summed E-state index contributed by atoms with van der Waals surface area (Å²) in [5.74, 6) is 0.281. The van der Waals surface area contributed by atoms with Gasteiger partial charge in [-0.05, 0) is 62.6 Å². The average Bonchev–Trinajstić information content (AvgIpc) is 3.45. The van der Waals surface area contributed by atoms with Crippen molar-refractivity contribution in [2.75, 3.05) is 28.6 Å². The summed E-state index contributed by atoms with van der Waals surface area (Å²) >= 11 is 0. The van der Waals surface area contributed by atoms with E-state index in [9.17, 15) is 22.4 Å². The molecule has 0 radical (unpaired) electrons. The Bertz CT molecular complexity index is 1510. The highest BCUT2D eigenvalue weighted by Gasteiger charge is 2.32. The SMILES string of the molecule is Cc1ccc(C(=O)Nc2cccc(C(F)(F)F)c2)cc1Nc1nc(N2CCC(C)(F)CC2)nc(-n2ccnc2)n1. The normalized spacial score (nSPS) is 15.1. The lowest BCUT2D eigenvalue weighted by atomic mass is 9.96.